The smallest absolute Gasteiger partial charge is 0.180 e. The average Bonchev–Trinajstić information content (AvgIpc) is 4.04. The van der Waals surface area contributed by atoms with Crippen LogP contribution in [-0.4, -0.2) is 50.9 Å². The van der Waals surface area contributed by atoms with E-state index in [9.17, 15) is 10.2 Å². The van der Waals surface area contributed by atoms with Crippen LogP contribution in [-0.2, 0) is 13.2 Å². The van der Waals surface area contributed by atoms with Crippen LogP contribution in [0.2, 0.25) is 0 Å². The maximum absolute atomic E-state index is 9.69. The molecule has 0 fully saturated rings. The van der Waals surface area contributed by atoms with Gasteiger partial charge in [-0.1, -0.05) is 84.9 Å². The highest BCUT2D eigenvalue weighted by Crippen LogP contribution is 2.52. The summed E-state index contributed by atoms with van der Waals surface area (Å²) in [6, 6.07) is 57.3. The minimum atomic E-state index is -0.0233. The predicted octanol–water partition coefficient (Wildman–Crippen LogP) is 15.0. The molecule has 7 aromatic carbocycles. The van der Waals surface area contributed by atoms with Crippen molar-refractivity contribution in [2.24, 2.45) is 0 Å². The topological polar surface area (TPSA) is 102 Å². The van der Waals surface area contributed by atoms with Gasteiger partial charge in [0, 0.05) is 34.1 Å². The number of anilines is 6. The van der Waals surface area contributed by atoms with Gasteiger partial charge in [0.2, 0.25) is 0 Å². The highest BCUT2D eigenvalue weighted by molar-refractivity contribution is 7.17. The Morgan fingerprint density at radius 2 is 0.689 bits per heavy atom. The fourth-order valence-corrected chi connectivity index (χ4v) is 11.2. The molecule has 0 radical (unpaired) electrons. The number of hydrogen-bond donors (Lipinski definition) is 2. The molecule has 0 saturated heterocycles. The van der Waals surface area contributed by atoms with Crippen LogP contribution in [0.25, 0.3) is 45.2 Å². The van der Waals surface area contributed by atoms with Crippen molar-refractivity contribution < 1.29 is 38.6 Å². The van der Waals surface area contributed by atoms with Crippen LogP contribution in [0.1, 0.15) is 32.0 Å². The van der Waals surface area contributed by atoms with Gasteiger partial charge in [0.1, 0.15) is 37.9 Å². The summed E-state index contributed by atoms with van der Waals surface area (Å²) in [5, 5.41) is 19.4. The second-order valence-electron chi connectivity index (χ2n) is 17.4. The van der Waals surface area contributed by atoms with Gasteiger partial charge in [-0.25, -0.2) is 0 Å². The molecule has 74 heavy (non-hydrogen) atoms. The lowest BCUT2D eigenvalue weighted by molar-refractivity contribution is 0.174. The maximum atomic E-state index is 9.69. The minimum Gasteiger partial charge on any atom is -0.497 e. The summed E-state index contributed by atoms with van der Waals surface area (Å²) in [7, 11) is 3.35. The third-order valence-corrected chi connectivity index (χ3v) is 15.2. The molecule has 0 aliphatic carbocycles. The van der Waals surface area contributed by atoms with Crippen LogP contribution in [0.15, 0.2) is 170 Å². The molecule has 0 unspecified atom stereocenters. The van der Waals surface area contributed by atoms with E-state index in [2.05, 4.69) is 131 Å². The molecular weight excluding hydrogens is 965 g/mol. The SMILES string of the molecule is COc1ccc(N(c2ccc(OC)cc2)c2ccc(-c3sc(/C=C/c4ccc(/C=C/c5sc(-c6ccc(N(c7ccc(CO)cc7)c7ccc(CO)cc7)cc6)c6c5OCCO6)cc4)c4c3OCCO4)cc2)cc1. The number of thiophene rings is 2. The number of ether oxygens (including phenoxy) is 6. The lowest BCUT2D eigenvalue weighted by Gasteiger charge is -2.26. The number of benzene rings is 7. The van der Waals surface area contributed by atoms with Gasteiger partial charge in [0.15, 0.2) is 23.0 Å². The Kier molecular flexibility index (Phi) is 14.2. The molecule has 2 aromatic heterocycles. The Morgan fingerprint density at radius 1 is 0.392 bits per heavy atom. The van der Waals surface area contributed by atoms with Crippen molar-refractivity contribution in [3.8, 4) is 55.4 Å². The van der Waals surface area contributed by atoms with E-state index in [4.69, 9.17) is 28.4 Å². The maximum Gasteiger partial charge on any atom is 0.180 e. The summed E-state index contributed by atoms with van der Waals surface area (Å²) in [6.45, 7) is 1.90. The summed E-state index contributed by atoms with van der Waals surface area (Å²) in [5.41, 5.74) is 11.7. The van der Waals surface area contributed by atoms with Gasteiger partial charge < -0.3 is 48.4 Å². The van der Waals surface area contributed by atoms with Gasteiger partial charge in [-0.2, -0.15) is 0 Å². The third kappa shape index (κ3) is 10.1. The van der Waals surface area contributed by atoms with E-state index in [1.165, 1.54) is 0 Å². The molecule has 370 valence electrons. The van der Waals surface area contributed by atoms with Gasteiger partial charge in [0.25, 0.3) is 0 Å². The van der Waals surface area contributed by atoms with Crippen molar-refractivity contribution in [1.29, 1.82) is 0 Å². The Balaban J connectivity index is 0.808. The standard InChI is InChI=1S/C62H52N2O8S2/c1-67-53-29-25-51(26-30-53)64(52-27-31-54(68-2)32-28-52)50-23-15-46(16-24-50)62-60-58(70-36-38-72-60)56(74-62)34-12-42-5-3-41(4-6-42)11-33-55-57-59(71-37-35-69-57)61(73-55)45-13-21-49(22-14-45)63(47-17-7-43(39-65)8-18-47)48-19-9-44(40-66)10-20-48/h3-34,65-66H,35-40H2,1-2H3/b33-11+,34-12+. The molecule has 9 aromatic rings. The van der Waals surface area contributed by atoms with Crippen molar-refractivity contribution in [2.75, 3.05) is 50.4 Å². The molecule has 4 heterocycles. The Morgan fingerprint density at radius 3 is 1.00 bits per heavy atom. The van der Waals surface area contributed by atoms with Crippen LogP contribution >= 0.6 is 22.7 Å². The average molecular weight is 1020 g/mol. The summed E-state index contributed by atoms with van der Waals surface area (Å²) in [4.78, 5) is 8.37. The minimum absolute atomic E-state index is 0.0233. The highest BCUT2D eigenvalue weighted by atomic mass is 32.1. The van der Waals surface area contributed by atoms with Crippen molar-refractivity contribution in [3.05, 3.63) is 202 Å². The van der Waals surface area contributed by atoms with Gasteiger partial charge in [-0.15, -0.1) is 22.7 Å². The normalized spacial score (nSPS) is 12.8. The van der Waals surface area contributed by atoms with Gasteiger partial charge in [0.05, 0.1) is 46.9 Å². The Hall–Kier alpha value is -8.26. The third-order valence-electron chi connectivity index (χ3n) is 12.8. The Labute approximate surface area is 438 Å². The van der Waals surface area contributed by atoms with Crippen molar-refractivity contribution in [2.45, 2.75) is 13.2 Å². The first-order valence-electron chi connectivity index (χ1n) is 24.3. The van der Waals surface area contributed by atoms with Crippen molar-refractivity contribution in [3.63, 3.8) is 0 Å². The number of nitrogens with zero attached hydrogens (tertiary/aromatic N) is 2. The molecule has 2 N–H and O–H groups in total. The first kappa shape index (κ1) is 48.0. The summed E-state index contributed by atoms with van der Waals surface area (Å²) >= 11 is 3.30. The second-order valence-corrected chi connectivity index (χ2v) is 19.5. The predicted molar refractivity (Wildman–Crippen MR) is 300 cm³/mol. The molecule has 0 bridgehead atoms. The monoisotopic (exact) mass is 1020 g/mol. The largest absolute Gasteiger partial charge is 0.497 e. The van der Waals surface area contributed by atoms with E-state index >= 15 is 0 Å². The number of methoxy groups -OCH3 is 2. The molecule has 2 aliphatic rings. The van der Waals surface area contributed by atoms with Crippen LogP contribution in [0.3, 0.4) is 0 Å². The lowest BCUT2D eigenvalue weighted by atomic mass is 10.1. The van der Waals surface area contributed by atoms with Crippen LogP contribution < -0.4 is 38.2 Å². The number of aliphatic hydroxyl groups is 2. The molecule has 10 nitrogen and oxygen atoms in total. The van der Waals surface area contributed by atoms with Crippen LogP contribution in [0.5, 0.6) is 34.5 Å². The van der Waals surface area contributed by atoms with E-state index in [0.29, 0.717) is 26.4 Å². The summed E-state index contributed by atoms with van der Waals surface area (Å²) in [6.07, 6.45) is 8.44. The highest BCUT2D eigenvalue weighted by Gasteiger charge is 2.26. The molecule has 0 saturated carbocycles. The zero-order valence-electron chi connectivity index (χ0n) is 40.8. The molecule has 12 heteroatoms. The number of hydrogen-bond acceptors (Lipinski definition) is 12. The molecule has 11 rings (SSSR count). The van der Waals surface area contributed by atoms with E-state index in [-0.39, 0.29) is 13.2 Å². The summed E-state index contributed by atoms with van der Waals surface area (Å²) < 4.78 is 35.9. The number of rotatable bonds is 16. The van der Waals surface area contributed by atoms with E-state index in [1.807, 2.05) is 72.8 Å². The number of fused-ring (bicyclic) bond motifs is 2. The molecule has 0 amide bonds. The summed E-state index contributed by atoms with van der Waals surface area (Å²) in [5.74, 6) is 4.66. The van der Waals surface area contributed by atoms with Gasteiger partial charge in [-0.05, 0) is 143 Å². The van der Waals surface area contributed by atoms with Crippen molar-refractivity contribution >= 4 is 81.1 Å². The van der Waals surface area contributed by atoms with E-state index in [1.54, 1.807) is 36.9 Å². The fourth-order valence-electron chi connectivity index (χ4n) is 8.99. The van der Waals surface area contributed by atoms with Crippen LogP contribution in [0, 0.1) is 0 Å². The lowest BCUT2D eigenvalue weighted by Crippen LogP contribution is -2.14. The van der Waals surface area contributed by atoms with Gasteiger partial charge in [-0.3, -0.25) is 0 Å². The van der Waals surface area contributed by atoms with Gasteiger partial charge >= 0.3 is 0 Å². The Bertz CT molecular complexity index is 3080. The molecule has 0 atom stereocenters. The fraction of sp³-hybridized carbons (Fsp3) is 0.129. The quantitative estimate of drug-likeness (QED) is 0.0973. The number of aliphatic hydroxyl groups excluding tert-OH is 2. The molecular formula is C62H52N2O8S2. The zero-order chi connectivity index (χ0) is 50.4. The second kappa shape index (κ2) is 21.8. The first-order valence-corrected chi connectivity index (χ1v) is 25.9. The zero-order valence-corrected chi connectivity index (χ0v) is 42.4. The van der Waals surface area contributed by atoms with Crippen LogP contribution in [0.4, 0.5) is 34.1 Å². The van der Waals surface area contributed by atoms with Crippen molar-refractivity contribution in [1.82, 2.24) is 0 Å². The molecule has 2 aliphatic heterocycles. The first-order chi connectivity index (χ1) is 36.5. The van der Waals surface area contributed by atoms with E-state index in [0.717, 1.165) is 122 Å². The van der Waals surface area contributed by atoms with E-state index < -0.39 is 0 Å². The molecule has 0 spiro atoms.